The summed E-state index contributed by atoms with van der Waals surface area (Å²) < 4.78 is 48.8. The number of rotatable bonds is 11. The Morgan fingerprint density at radius 3 is 2.40 bits per heavy atom. The van der Waals surface area contributed by atoms with Crippen molar-refractivity contribution in [3.8, 4) is 11.5 Å². The van der Waals surface area contributed by atoms with Crippen LogP contribution < -0.4 is 19.7 Å². The van der Waals surface area contributed by atoms with Crippen LogP contribution in [0.4, 0.5) is 24.5 Å². The van der Waals surface area contributed by atoms with Crippen LogP contribution in [0.3, 0.4) is 0 Å². The number of carbonyl (C=O) groups is 2. The number of fused-ring (bicyclic) bond motifs is 2. The van der Waals surface area contributed by atoms with Crippen molar-refractivity contribution in [1.82, 2.24) is 0 Å². The molecule has 1 spiro atoms. The van der Waals surface area contributed by atoms with Gasteiger partial charge in [0.15, 0.2) is 0 Å². The standard InChI is InChI=1S/C32H31ClF3N3O6/c1-4-27(30(41)42)45-38-18(2)20-13-22(15-24(14-20)43-3)37-28(19-5-7-21(33)8-6-19)29(40)39-17-31(11-12-31)25-10-9-23(16-26(25)39)44-32(34,35)36/h5-10,13-16,27-28,37H,4,11-12,17H2,1-3H3,(H,41,42)/b38-18+. The molecule has 238 valence electrons. The molecule has 1 amide bonds. The van der Waals surface area contributed by atoms with Crippen LogP contribution in [0, 0.1) is 0 Å². The average molecular weight is 646 g/mol. The van der Waals surface area contributed by atoms with Gasteiger partial charge in [-0.05, 0) is 67.6 Å². The summed E-state index contributed by atoms with van der Waals surface area (Å²) >= 11 is 6.14. The summed E-state index contributed by atoms with van der Waals surface area (Å²) in [4.78, 5) is 32.5. The molecule has 1 saturated carbocycles. The number of amides is 1. The maximum Gasteiger partial charge on any atom is 0.573 e. The van der Waals surface area contributed by atoms with E-state index in [0.29, 0.717) is 45.5 Å². The number of hydrogen-bond donors (Lipinski definition) is 2. The summed E-state index contributed by atoms with van der Waals surface area (Å²) in [5.41, 5.74) is 2.81. The number of benzene rings is 3. The zero-order valence-electron chi connectivity index (χ0n) is 24.7. The first kappa shape index (κ1) is 32.0. The molecule has 2 unspecified atom stereocenters. The third-order valence-electron chi connectivity index (χ3n) is 7.93. The topological polar surface area (TPSA) is 110 Å². The average Bonchev–Trinajstić information content (AvgIpc) is 3.71. The fourth-order valence-corrected chi connectivity index (χ4v) is 5.52. The van der Waals surface area contributed by atoms with E-state index in [9.17, 15) is 27.9 Å². The Balaban J connectivity index is 1.51. The number of carboxylic acids is 1. The minimum absolute atomic E-state index is 0.215. The highest BCUT2D eigenvalue weighted by Gasteiger charge is 2.54. The first-order valence-corrected chi connectivity index (χ1v) is 14.6. The Bertz CT molecular complexity index is 1630. The van der Waals surface area contributed by atoms with Gasteiger partial charge in [0.1, 0.15) is 17.5 Å². The third-order valence-corrected chi connectivity index (χ3v) is 8.18. The zero-order valence-corrected chi connectivity index (χ0v) is 25.4. The number of alkyl halides is 3. The smallest absolute Gasteiger partial charge is 0.497 e. The molecule has 2 atom stereocenters. The number of nitrogens with one attached hydrogen (secondary N) is 1. The molecule has 2 N–H and O–H groups in total. The van der Waals surface area contributed by atoms with Crippen molar-refractivity contribution in [1.29, 1.82) is 0 Å². The number of carboxylic acid groups (broad SMARTS) is 1. The highest BCUT2D eigenvalue weighted by Crippen LogP contribution is 2.57. The van der Waals surface area contributed by atoms with Crippen LogP contribution in [-0.4, -0.2) is 48.8 Å². The van der Waals surface area contributed by atoms with Crippen LogP contribution in [0.5, 0.6) is 11.5 Å². The minimum Gasteiger partial charge on any atom is -0.497 e. The quantitative estimate of drug-likeness (QED) is 0.169. The predicted octanol–water partition coefficient (Wildman–Crippen LogP) is 7.08. The van der Waals surface area contributed by atoms with E-state index in [1.54, 1.807) is 62.4 Å². The lowest BCUT2D eigenvalue weighted by Crippen LogP contribution is -2.38. The van der Waals surface area contributed by atoms with Gasteiger partial charge in [0.05, 0.1) is 18.5 Å². The molecule has 5 rings (SSSR count). The van der Waals surface area contributed by atoms with Crippen LogP contribution in [-0.2, 0) is 19.8 Å². The zero-order chi connectivity index (χ0) is 32.5. The molecular weight excluding hydrogens is 615 g/mol. The SMILES string of the molecule is CCC(O/N=C(\C)c1cc(NC(C(=O)N2CC3(CC3)c3ccc(OC(F)(F)F)cc32)c2ccc(Cl)cc2)cc(OC)c1)C(=O)O. The van der Waals surface area contributed by atoms with Crippen molar-refractivity contribution in [2.24, 2.45) is 5.16 Å². The largest absolute Gasteiger partial charge is 0.573 e. The van der Waals surface area contributed by atoms with E-state index in [0.717, 1.165) is 18.4 Å². The van der Waals surface area contributed by atoms with Crippen molar-refractivity contribution in [3.05, 3.63) is 82.4 Å². The van der Waals surface area contributed by atoms with Crippen LogP contribution in [0.25, 0.3) is 0 Å². The molecule has 1 aliphatic heterocycles. The summed E-state index contributed by atoms with van der Waals surface area (Å²) in [5.74, 6) is -1.51. The molecule has 9 nitrogen and oxygen atoms in total. The van der Waals surface area contributed by atoms with Gasteiger partial charge in [0.25, 0.3) is 5.91 Å². The molecule has 0 saturated heterocycles. The molecule has 1 fully saturated rings. The molecule has 45 heavy (non-hydrogen) atoms. The fraction of sp³-hybridized carbons (Fsp3) is 0.344. The van der Waals surface area contributed by atoms with Crippen LogP contribution in [0.2, 0.25) is 5.02 Å². The van der Waals surface area contributed by atoms with Gasteiger partial charge in [-0.1, -0.05) is 41.9 Å². The Morgan fingerprint density at radius 1 is 1.09 bits per heavy atom. The van der Waals surface area contributed by atoms with Crippen molar-refractivity contribution in [2.75, 3.05) is 23.9 Å². The van der Waals surface area contributed by atoms with E-state index in [1.165, 1.54) is 24.1 Å². The summed E-state index contributed by atoms with van der Waals surface area (Å²) in [6.07, 6.45) is -4.16. The molecule has 2 aliphatic rings. The number of anilines is 2. The van der Waals surface area contributed by atoms with E-state index in [-0.39, 0.29) is 11.8 Å². The van der Waals surface area contributed by atoms with Crippen LogP contribution >= 0.6 is 11.6 Å². The van der Waals surface area contributed by atoms with E-state index < -0.39 is 36.1 Å². The van der Waals surface area contributed by atoms with Crippen molar-refractivity contribution < 1.29 is 42.2 Å². The van der Waals surface area contributed by atoms with Crippen LogP contribution in [0.1, 0.15) is 55.8 Å². The third kappa shape index (κ3) is 7.11. The summed E-state index contributed by atoms with van der Waals surface area (Å²) in [6, 6.07) is 14.9. The lowest BCUT2D eigenvalue weighted by molar-refractivity contribution is -0.274. The van der Waals surface area contributed by atoms with Crippen molar-refractivity contribution in [3.63, 3.8) is 0 Å². The highest BCUT2D eigenvalue weighted by molar-refractivity contribution is 6.30. The van der Waals surface area contributed by atoms with Gasteiger partial charge in [0, 0.05) is 40.4 Å². The number of carbonyl (C=O) groups excluding carboxylic acids is 1. The van der Waals surface area contributed by atoms with E-state index in [1.807, 2.05) is 0 Å². The van der Waals surface area contributed by atoms with Crippen molar-refractivity contribution >= 4 is 40.6 Å². The molecule has 0 bridgehead atoms. The number of nitrogens with zero attached hydrogens (tertiary/aromatic N) is 2. The Kier molecular flexibility index (Phi) is 8.88. The number of aliphatic carboxylic acids is 1. The molecule has 13 heteroatoms. The van der Waals surface area contributed by atoms with Gasteiger partial charge in [0.2, 0.25) is 6.10 Å². The maximum absolute atomic E-state index is 14.4. The molecule has 0 radical (unpaired) electrons. The molecule has 3 aromatic carbocycles. The number of hydrogen-bond acceptors (Lipinski definition) is 7. The fourth-order valence-electron chi connectivity index (χ4n) is 5.39. The maximum atomic E-state index is 14.4. The lowest BCUT2D eigenvalue weighted by Gasteiger charge is -2.27. The molecular formula is C32H31ClF3N3O6. The van der Waals surface area contributed by atoms with Gasteiger partial charge in [-0.15, -0.1) is 13.2 Å². The van der Waals surface area contributed by atoms with E-state index >= 15 is 0 Å². The summed E-state index contributed by atoms with van der Waals surface area (Å²) in [6.45, 7) is 3.63. The van der Waals surface area contributed by atoms with Crippen molar-refractivity contribution in [2.45, 2.75) is 57.0 Å². The first-order chi connectivity index (χ1) is 21.3. The number of methoxy groups -OCH3 is 1. The van der Waals surface area contributed by atoms with Gasteiger partial charge in [-0.25, -0.2) is 4.79 Å². The Labute approximate surface area is 262 Å². The molecule has 0 aromatic heterocycles. The van der Waals surface area contributed by atoms with Crippen LogP contribution in [0.15, 0.2) is 65.8 Å². The van der Waals surface area contributed by atoms with E-state index in [4.69, 9.17) is 21.2 Å². The number of ether oxygens (including phenoxy) is 2. The van der Waals surface area contributed by atoms with Gasteiger partial charge in [-0.2, -0.15) is 0 Å². The minimum atomic E-state index is -4.88. The number of oxime groups is 1. The molecule has 1 heterocycles. The Morgan fingerprint density at radius 2 is 1.80 bits per heavy atom. The second-order valence-corrected chi connectivity index (χ2v) is 11.5. The second-order valence-electron chi connectivity index (χ2n) is 11.0. The first-order valence-electron chi connectivity index (χ1n) is 14.2. The second kappa shape index (κ2) is 12.5. The van der Waals surface area contributed by atoms with Gasteiger partial charge < -0.3 is 29.6 Å². The molecule has 1 aliphatic carbocycles. The Hall–Kier alpha value is -4.45. The van der Waals surface area contributed by atoms with E-state index in [2.05, 4.69) is 15.2 Å². The summed E-state index contributed by atoms with van der Waals surface area (Å²) in [5, 5.41) is 17.0. The highest BCUT2D eigenvalue weighted by atomic mass is 35.5. The predicted molar refractivity (Wildman–Crippen MR) is 162 cm³/mol. The molecule has 3 aromatic rings. The van der Waals surface area contributed by atoms with Gasteiger partial charge in [-0.3, -0.25) is 4.79 Å². The summed E-state index contributed by atoms with van der Waals surface area (Å²) in [7, 11) is 1.47. The van der Waals surface area contributed by atoms with Gasteiger partial charge >= 0.3 is 12.3 Å². The monoisotopic (exact) mass is 645 g/mol. The number of halogens is 4. The lowest BCUT2D eigenvalue weighted by atomic mass is 9.99. The normalized spacial score (nSPS) is 16.5.